The lowest BCUT2D eigenvalue weighted by molar-refractivity contribution is 0.0635. The Morgan fingerprint density at radius 2 is 2.19 bits per heavy atom. The number of nitrogens with one attached hydrogen (secondary N) is 1. The van der Waals surface area contributed by atoms with Gasteiger partial charge in [-0.25, -0.2) is 9.78 Å². The highest BCUT2D eigenvalue weighted by molar-refractivity contribution is 9.10. The van der Waals surface area contributed by atoms with Gasteiger partial charge in [0.1, 0.15) is 16.3 Å². The fraction of sp³-hybridized carbons (Fsp3) is 0.429. The first kappa shape index (κ1) is 16.2. The molecular formula is C14H18BrN3O2S. The van der Waals surface area contributed by atoms with Crippen molar-refractivity contribution in [1.29, 1.82) is 0 Å². The number of hydrogen-bond acceptors (Lipinski definition) is 4. The Kier molecular flexibility index (Phi) is 4.83. The molecule has 0 aliphatic carbocycles. The minimum Gasteiger partial charge on any atom is -0.444 e. The van der Waals surface area contributed by atoms with E-state index >= 15 is 0 Å². The van der Waals surface area contributed by atoms with E-state index in [0.29, 0.717) is 5.82 Å². The van der Waals surface area contributed by atoms with Crippen molar-refractivity contribution >= 4 is 45.3 Å². The van der Waals surface area contributed by atoms with Gasteiger partial charge in [0.05, 0.1) is 0 Å². The zero-order valence-corrected chi connectivity index (χ0v) is 14.8. The van der Waals surface area contributed by atoms with Gasteiger partial charge in [-0.2, -0.15) is 0 Å². The molecule has 2 rings (SSSR count). The molecule has 0 unspecified atom stereocenters. The smallest absolute Gasteiger partial charge is 0.413 e. The van der Waals surface area contributed by atoms with Crippen LogP contribution in [0.25, 0.3) is 5.65 Å². The van der Waals surface area contributed by atoms with Crippen LogP contribution in [0.5, 0.6) is 0 Å². The van der Waals surface area contributed by atoms with Crippen molar-refractivity contribution in [1.82, 2.24) is 9.38 Å². The molecule has 0 saturated heterocycles. The normalized spacial score (nSPS) is 11.7. The highest BCUT2D eigenvalue weighted by Gasteiger charge is 2.20. The summed E-state index contributed by atoms with van der Waals surface area (Å²) in [6, 6.07) is 3.81. The van der Waals surface area contributed by atoms with E-state index in [9.17, 15) is 4.79 Å². The van der Waals surface area contributed by atoms with Crippen LogP contribution in [0.1, 0.15) is 27.7 Å². The Balaban J connectivity index is 2.34. The molecule has 2 heterocycles. The van der Waals surface area contributed by atoms with E-state index in [2.05, 4.69) is 33.2 Å². The molecule has 0 aliphatic heterocycles. The van der Waals surface area contributed by atoms with Gasteiger partial charge in [-0.1, -0.05) is 6.92 Å². The van der Waals surface area contributed by atoms with Crippen LogP contribution in [0.2, 0.25) is 0 Å². The first-order valence-corrected chi connectivity index (χ1v) is 8.38. The lowest BCUT2D eigenvalue weighted by Gasteiger charge is -2.19. The van der Waals surface area contributed by atoms with Gasteiger partial charge in [-0.05, 0) is 54.6 Å². The van der Waals surface area contributed by atoms with Crippen molar-refractivity contribution in [2.75, 3.05) is 11.1 Å². The number of carbonyl (C=O) groups excluding carboxylic acids is 1. The Morgan fingerprint density at radius 1 is 1.48 bits per heavy atom. The van der Waals surface area contributed by atoms with Gasteiger partial charge in [-0.15, -0.1) is 11.8 Å². The maximum absolute atomic E-state index is 11.9. The lowest BCUT2D eigenvalue weighted by atomic mass is 10.2. The van der Waals surface area contributed by atoms with Crippen LogP contribution in [0.3, 0.4) is 0 Å². The largest absolute Gasteiger partial charge is 0.444 e. The zero-order valence-electron chi connectivity index (χ0n) is 12.4. The molecule has 0 aliphatic rings. The summed E-state index contributed by atoms with van der Waals surface area (Å²) in [5.74, 6) is 1.40. The molecule has 0 atom stereocenters. The first-order chi connectivity index (χ1) is 9.80. The van der Waals surface area contributed by atoms with Gasteiger partial charge in [0.2, 0.25) is 0 Å². The Morgan fingerprint density at radius 3 is 2.81 bits per heavy atom. The molecule has 0 aromatic carbocycles. The molecule has 2 aromatic heterocycles. The Labute approximate surface area is 136 Å². The number of amides is 1. The summed E-state index contributed by atoms with van der Waals surface area (Å²) in [6.07, 6.45) is 1.43. The average Bonchev–Trinajstić information content (AvgIpc) is 2.65. The predicted molar refractivity (Wildman–Crippen MR) is 89.1 cm³/mol. The van der Waals surface area contributed by atoms with E-state index in [-0.39, 0.29) is 0 Å². The molecule has 5 nitrogen and oxygen atoms in total. The van der Waals surface area contributed by atoms with Gasteiger partial charge >= 0.3 is 6.09 Å². The minimum absolute atomic E-state index is 0.497. The number of pyridine rings is 1. The van der Waals surface area contributed by atoms with Crippen LogP contribution in [0.15, 0.2) is 27.8 Å². The maximum atomic E-state index is 11.9. The van der Waals surface area contributed by atoms with E-state index in [1.165, 1.54) is 0 Å². The van der Waals surface area contributed by atoms with Crippen LogP contribution in [-0.2, 0) is 4.74 Å². The molecule has 0 fully saturated rings. The number of halogens is 1. The van der Waals surface area contributed by atoms with Gasteiger partial charge in [0.15, 0.2) is 5.82 Å². The summed E-state index contributed by atoms with van der Waals surface area (Å²) < 4.78 is 8.18. The summed E-state index contributed by atoms with van der Waals surface area (Å²) in [5.41, 5.74) is 0.241. The second kappa shape index (κ2) is 6.27. The standard InChI is InChI=1S/C14H18BrN3O2S/c1-5-21-12-11(17-13(19)20-14(2,3)4)16-10-7-6-9(15)8-18(10)12/h6-8H,5H2,1-4H3,(H,17,19). The third kappa shape index (κ3) is 4.14. The molecule has 0 bridgehead atoms. The summed E-state index contributed by atoms with van der Waals surface area (Å²) in [7, 11) is 0. The molecule has 0 spiro atoms. The Hall–Kier alpha value is -1.21. The number of fused-ring (bicyclic) bond motifs is 1. The fourth-order valence-corrected chi connectivity index (χ4v) is 2.88. The highest BCUT2D eigenvalue weighted by Crippen LogP contribution is 2.29. The van der Waals surface area contributed by atoms with Crippen molar-refractivity contribution in [2.24, 2.45) is 0 Å². The highest BCUT2D eigenvalue weighted by atomic mass is 79.9. The fourth-order valence-electron chi connectivity index (χ4n) is 1.75. The van der Waals surface area contributed by atoms with E-state index in [1.807, 2.05) is 43.5 Å². The molecule has 0 saturated carbocycles. The third-order valence-corrected chi connectivity index (χ3v) is 3.86. The number of carbonyl (C=O) groups is 1. The van der Waals surface area contributed by atoms with Gasteiger partial charge < -0.3 is 4.74 Å². The quantitative estimate of drug-likeness (QED) is 0.803. The summed E-state index contributed by atoms with van der Waals surface area (Å²) in [6.45, 7) is 7.54. The number of aromatic nitrogens is 2. The average molecular weight is 372 g/mol. The molecule has 1 N–H and O–H groups in total. The summed E-state index contributed by atoms with van der Waals surface area (Å²) in [5, 5.41) is 3.62. The number of anilines is 1. The van der Waals surface area contributed by atoms with Crippen molar-refractivity contribution < 1.29 is 9.53 Å². The van der Waals surface area contributed by atoms with Gasteiger partial charge in [0, 0.05) is 10.7 Å². The number of thioether (sulfide) groups is 1. The molecular weight excluding hydrogens is 354 g/mol. The molecule has 114 valence electrons. The van der Waals surface area contributed by atoms with Crippen molar-refractivity contribution in [3.8, 4) is 0 Å². The van der Waals surface area contributed by atoms with Crippen LogP contribution in [-0.4, -0.2) is 26.8 Å². The number of imidazole rings is 1. The zero-order chi connectivity index (χ0) is 15.6. The molecule has 7 heteroatoms. The van der Waals surface area contributed by atoms with E-state index in [1.54, 1.807) is 11.8 Å². The molecule has 0 radical (unpaired) electrons. The number of rotatable bonds is 3. The molecule has 21 heavy (non-hydrogen) atoms. The van der Waals surface area contributed by atoms with Crippen molar-refractivity contribution in [2.45, 2.75) is 38.3 Å². The van der Waals surface area contributed by atoms with E-state index in [4.69, 9.17) is 4.74 Å². The van der Waals surface area contributed by atoms with Gasteiger partial charge in [0.25, 0.3) is 0 Å². The second-order valence-corrected chi connectivity index (χ2v) is 7.57. The number of nitrogens with zero attached hydrogens (tertiary/aromatic N) is 2. The van der Waals surface area contributed by atoms with Crippen molar-refractivity contribution in [3.63, 3.8) is 0 Å². The predicted octanol–water partition coefficient (Wildman–Crippen LogP) is 4.56. The Bertz CT molecular complexity index is 664. The molecule has 1 amide bonds. The maximum Gasteiger partial charge on any atom is 0.413 e. The number of ether oxygens (including phenoxy) is 1. The first-order valence-electron chi connectivity index (χ1n) is 6.60. The lowest BCUT2D eigenvalue weighted by Crippen LogP contribution is -2.27. The van der Waals surface area contributed by atoms with Gasteiger partial charge in [-0.3, -0.25) is 9.72 Å². The van der Waals surface area contributed by atoms with Crippen LogP contribution in [0.4, 0.5) is 10.6 Å². The monoisotopic (exact) mass is 371 g/mol. The SMILES string of the molecule is CCSc1c(NC(=O)OC(C)(C)C)nc2ccc(Br)cn12. The number of hydrogen-bond donors (Lipinski definition) is 1. The van der Waals surface area contributed by atoms with E-state index in [0.717, 1.165) is 20.9 Å². The van der Waals surface area contributed by atoms with Crippen molar-refractivity contribution in [3.05, 3.63) is 22.8 Å². The minimum atomic E-state index is -0.537. The van der Waals surface area contributed by atoms with Crippen LogP contribution in [0, 0.1) is 0 Å². The summed E-state index contributed by atoms with van der Waals surface area (Å²) >= 11 is 5.06. The molecule has 2 aromatic rings. The third-order valence-electron chi connectivity index (χ3n) is 2.44. The van der Waals surface area contributed by atoms with Crippen LogP contribution >= 0.6 is 27.7 Å². The second-order valence-electron chi connectivity index (χ2n) is 5.40. The van der Waals surface area contributed by atoms with E-state index < -0.39 is 11.7 Å². The van der Waals surface area contributed by atoms with Crippen LogP contribution < -0.4 is 5.32 Å². The summed E-state index contributed by atoms with van der Waals surface area (Å²) in [4.78, 5) is 16.4. The topological polar surface area (TPSA) is 55.6 Å².